The van der Waals surface area contributed by atoms with Crippen molar-refractivity contribution in [2.24, 2.45) is 0 Å². The summed E-state index contributed by atoms with van der Waals surface area (Å²) in [6, 6.07) is 10.4. The minimum Gasteiger partial charge on any atom is -0.497 e. The molecule has 0 aliphatic rings. The number of ether oxygens (including phenoxy) is 1. The van der Waals surface area contributed by atoms with Crippen LogP contribution in [0.25, 0.3) is 0 Å². The minimum atomic E-state index is -0.0936. The first-order valence-electron chi connectivity index (χ1n) is 5.36. The SMILES string of the molecule is COc1ccc(C(=O)c2ccc(Br)c(Cl)c2)c(Br)c1. The third kappa shape index (κ3) is 3.19. The first-order chi connectivity index (χ1) is 9.02. The van der Waals surface area contributed by atoms with Crippen molar-refractivity contribution in [2.45, 2.75) is 0 Å². The Morgan fingerprint density at radius 1 is 1.11 bits per heavy atom. The lowest BCUT2D eigenvalue weighted by Crippen LogP contribution is -2.02. The fourth-order valence-electron chi connectivity index (χ4n) is 1.60. The molecule has 0 radical (unpaired) electrons. The summed E-state index contributed by atoms with van der Waals surface area (Å²) < 4.78 is 6.56. The lowest BCUT2D eigenvalue weighted by molar-refractivity contribution is 0.103. The second-order valence-electron chi connectivity index (χ2n) is 3.80. The molecule has 0 aliphatic carbocycles. The molecule has 0 N–H and O–H groups in total. The molecule has 5 heteroatoms. The zero-order valence-electron chi connectivity index (χ0n) is 9.91. The highest BCUT2D eigenvalue weighted by molar-refractivity contribution is 9.10. The highest BCUT2D eigenvalue weighted by Crippen LogP contribution is 2.28. The second kappa shape index (κ2) is 6.07. The number of ketones is 1. The summed E-state index contributed by atoms with van der Waals surface area (Å²) in [6.07, 6.45) is 0. The van der Waals surface area contributed by atoms with Gasteiger partial charge in [-0.3, -0.25) is 4.79 Å². The number of rotatable bonds is 3. The molecule has 0 unspecified atom stereocenters. The Hall–Kier alpha value is -0.840. The number of methoxy groups -OCH3 is 1. The maximum atomic E-state index is 12.4. The lowest BCUT2D eigenvalue weighted by Gasteiger charge is -2.07. The third-order valence-electron chi connectivity index (χ3n) is 2.60. The molecule has 2 aromatic carbocycles. The molecule has 0 atom stereocenters. The van der Waals surface area contributed by atoms with Gasteiger partial charge in [-0.15, -0.1) is 0 Å². The van der Waals surface area contributed by atoms with Crippen LogP contribution >= 0.6 is 43.5 Å². The quantitative estimate of drug-likeness (QED) is 0.665. The Bertz CT molecular complexity index is 641. The maximum Gasteiger partial charge on any atom is 0.194 e. The van der Waals surface area contributed by atoms with Gasteiger partial charge >= 0.3 is 0 Å². The molecule has 0 fully saturated rings. The van der Waals surface area contributed by atoms with E-state index < -0.39 is 0 Å². The smallest absolute Gasteiger partial charge is 0.194 e. The van der Waals surface area contributed by atoms with Crippen LogP contribution in [0.4, 0.5) is 0 Å². The number of benzene rings is 2. The van der Waals surface area contributed by atoms with Gasteiger partial charge in [-0.2, -0.15) is 0 Å². The lowest BCUT2D eigenvalue weighted by atomic mass is 10.0. The summed E-state index contributed by atoms with van der Waals surface area (Å²) in [6.45, 7) is 0. The summed E-state index contributed by atoms with van der Waals surface area (Å²) in [7, 11) is 1.58. The molecular weight excluding hydrogens is 395 g/mol. The highest BCUT2D eigenvalue weighted by Gasteiger charge is 2.14. The van der Waals surface area contributed by atoms with E-state index >= 15 is 0 Å². The van der Waals surface area contributed by atoms with E-state index in [2.05, 4.69) is 31.9 Å². The number of carbonyl (C=O) groups is 1. The largest absolute Gasteiger partial charge is 0.497 e. The van der Waals surface area contributed by atoms with Crippen LogP contribution in [-0.4, -0.2) is 12.9 Å². The van der Waals surface area contributed by atoms with Crippen molar-refractivity contribution in [1.29, 1.82) is 0 Å². The number of carbonyl (C=O) groups excluding carboxylic acids is 1. The van der Waals surface area contributed by atoms with E-state index in [0.29, 0.717) is 26.4 Å². The molecule has 0 heterocycles. The van der Waals surface area contributed by atoms with Crippen LogP contribution in [0.5, 0.6) is 5.75 Å². The van der Waals surface area contributed by atoms with Gasteiger partial charge in [0.15, 0.2) is 5.78 Å². The molecule has 0 saturated heterocycles. The van der Waals surface area contributed by atoms with E-state index in [1.54, 1.807) is 43.5 Å². The van der Waals surface area contributed by atoms with Gasteiger partial charge < -0.3 is 4.74 Å². The van der Waals surface area contributed by atoms with Crippen LogP contribution in [0.3, 0.4) is 0 Å². The molecule has 0 bridgehead atoms. The number of hydrogen-bond acceptors (Lipinski definition) is 2. The van der Waals surface area contributed by atoms with Gasteiger partial charge in [0.25, 0.3) is 0 Å². The topological polar surface area (TPSA) is 26.3 Å². The predicted molar refractivity (Wildman–Crippen MR) is 83.3 cm³/mol. The first-order valence-corrected chi connectivity index (χ1v) is 7.32. The normalized spacial score (nSPS) is 10.3. The van der Waals surface area contributed by atoms with Crippen molar-refractivity contribution in [2.75, 3.05) is 7.11 Å². The molecular formula is C14H9Br2ClO2. The van der Waals surface area contributed by atoms with E-state index in [4.69, 9.17) is 16.3 Å². The Labute approximate surface area is 133 Å². The van der Waals surface area contributed by atoms with Crippen molar-refractivity contribution in [1.82, 2.24) is 0 Å². The Balaban J connectivity index is 2.41. The molecule has 0 saturated carbocycles. The molecule has 98 valence electrons. The van der Waals surface area contributed by atoms with Crippen LogP contribution in [0.1, 0.15) is 15.9 Å². The van der Waals surface area contributed by atoms with Crippen molar-refractivity contribution >= 4 is 49.2 Å². The standard InChI is InChI=1S/C14H9Br2ClO2/c1-19-9-3-4-10(12(16)7-9)14(18)8-2-5-11(15)13(17)6-8/h2-7H,1H3. The Morgan fingerprint density at radius 2 is 1.84 bits per heavy atom. The molecule has 2 rings (SSSR count). The van der Waals surface area contributed by atoms with Crippen LogP contribution in [0.15, 0.2) is 45.3 Å². The van der Waals surface area contributed by atoms with Gasteiger partial charge in [-0.25, -0.2) is 0 Å². The summed E-state index contributed by atoms with van der Waals surface area (Å²) in [5.74, 6) is 0.598. The van der Waals surface area contributed by atoms with E-state index in [9.17, 15) is 4.79 Å². The highest BCUT2D eigenvalue weighted by atomic mass is 79.9. The van der Waals surface area contributed by atoms with Crippen LogP contribution in [0.2, 0.25) is 5.02 Å². The van der Waals surface area contributed by atoms with E-state index in [0.717, 1.165) is 4.47 Å². The van der Waals surface area contributed by atoms with Gasteiger partial charge in [-0.05, 0) is 68.3 Å². The summed E-state index contributed by atoms with van der Waals surface area (Å²) in [4.78, 5) is 12.4. The van der Waals surface area contributed by atoms with Gasteiger partial charge in [0, 0.05) is 20.1 Å². The summed E-state index contributed by atoms with van der Waals surface area (Å²) in [5, 5.41) is 0.510. The van der Waals surface area contributed by atoms with E-state index in [1.165, 1.54) is 0 Å². The molecule has 0 amide bonds. The molecule has 2 nitrogen and oxygen atoms in total. The molecule has 19 heavy (non-hydrogen) atoms. The molecule has 0 aliphatic heterocycles. The second-order valence-corrected chi connectivity index (χ2v) is 5.92. The molecule has 0 aromatic heterocycles. The molecule has 2 aromatic rings. The predicted octanol–water partition coefficient (Wildman–Crippen LogP) is 5.10. The first kappa shape index (κ1) is 14.6. The zero-order valence-corrected chi connectivity index (χ0v) is 13.8. The number of halogens is 3. The van der Waals surface area contributed by atoms with Gasteiger partial charge in [0.2, 0.25) is 0 Å². The third-order valence-corrected chi connectivity index (χ3v) is 4.49. The van der Waals surface area contributed by atoms with Crippen LogP contribution in [-0.2, 0) is 0 Å². The Kier molecular flexibility index (Phi) is 4.66. The van der Waals surface area contributed by atoms with Gasteiger partial charge in [0.1, 0.15) is 5.75 Å². The van der Waals surface area contributed by atoms with Crippen LogP contribution < -0.4 is 4.74 Å². The van der Waals surface area contributed by atoms with E-state index in [1.807, 2.05) is 0 Å². The average molecular weight is 404 g/mol. The number of hydrogen-bond donors (Lipinski definition) is 0. The maximum absolute atomic E-state index is 12.4. The van der Waals surface area contributed by atoms with Crippen molar-refractivity contribution < 1.29 is 9.53 Å². The van der Waals surface area contributed by atoms with Crippen molar-refractivity contribution in [3.8, 4) is 5.75 Å². The Morgan fingerprint density at radius 3 is 2.42 bits per heavy atom. The monoisotopic (exact) mass is 402 g/mol. The molecule has 0 spiro atoms. The van der Waals surface area contributed by atoms with Crippen molar-refractivity contribution in [3.05, 3.63) is 61.5 Å². The van der Waals surface area contributed by atoms with Crippen LogP contribution in [0, 0.1) is 0 Å². The van der Waals surface area contributed by atoms with Gasteiger partial charge in [-0.1, -0.05) is 11.6 Å². The van der Waals surface area contributed by atoms with E-state index in [-0.39, 0.29) is 5.78 Å². The fraction of sp³-hybridized carbons (Fsp3) is 0.0714. The summed E-state index contributed by atoms with van der Waals surface area (Å²) >= 11 is 12.7. The minimum absolute atomic E-state index is 0.0936. The summed E-state index contributed by atoms with van der Waals surface area (Å²) in [5.41, 5.74) is 1.11. The van der Waals surface area contributed by atoms with Crippen molar-refractivity contribution in [3.63, 3.8) is 0 Å². The zero-order chi connectivity index (χ0) is 14.0. The average Bonchev–Trinajstić information content (AvgIpc) is 2.41. The fourth-order valence-corrected chi connectivity index (χ4v) is 2.56. The van der Waals surface area contributed by atoms with Gasteiger partial charge in [0.05, 0.1) is 12.1 Å².